The SMILES string of the molecule is CCCCn1c(N)c(N(C)C(=O)c2ccc(CN(CC)C(C)C)cc2)c(=O)[nH]c1=O. The lowest BCUT2D eigenvalue weighted by atomic mass is 10.1. The molecule has 2 aromatic rings. The van der Waals surface area contributed by atoms with E-state index in [4.69, 9.17) is 5.73 Å². The largest absolute Gasteiger partial charge is 0.383 e. The monoisotopic (exact) mass is 415 g/mol. The van der Waals surface area contributed by atoms with E-state index in [2.05, 4.69) is 30.7 Å². The number of anilines is 2. The first-order valence-electron chi connectivity index (χ1n) is 10.4. The standard InChI is InChI=1S/C22H33N5O3/c1-6-8-13-27-19(23)18(20(28)24-22(27)30)25(5)21(29)17-11-9-16(10-12-17)14-26(7-2)15(3)4/h9-12,15H,6-8,13-14,23H2,1-5H3,(H,24,28,30). The number of nitrogen functional groups attached to an aromatic ring is 1. The third kappa shape index (κ3) is 5.18. The molecule has 30 heavy (non-hydrogen) atoms. The van der Waals surface area contributed by atoms with Gasteiger partial charge in [0.1, 0.15) is 5.82 Å². The highest BCUT2D eigenvalue weighted by Crippen LogP contribution is 2.19. The molecule has 0 saturated heterocycles. The highest BCUT2D eigenvalue weighted by Gasteiger charge is 2.22. The molecule has 0 unspecified atom stereocenters. The number of amides is 1. The number of benzene rings is 1. The molecule has 0 aliphatic carbocycles. The van der Waals surface area contributed by atoms with Crippen molar-refractivity contribution in [2.24, 2.45) is 0 Å². The van der Waals surface area contributed by atoms with Gasteiger partial charge in [0.05, 0.1) is 0 Å². The Bertz CT molecular complexity index is 976. The van der Waals surface area contributed by atoms with E-state index in [-0.39, 0.29) is 17.4 Å². The Balaban J connectivity index is 2.29. The first-order valence-corrected chi connectivity index (χ1v) is 10.4. The lowest BCUT2D eigenvalue weighted by Gasteiger charge is -2.25. The quantitative estimate of drug-likeness (QED) is 0.654. The minimum atomic E-state index is -0.673. The van der Waals surface area contributed by atoms with Gasteiger partial charge in [0, 0.05) is 31.7 Å². The van der Waals surface area contributed by atoms with E-state index in [1.807, 2.05) is 19.1 Å². The molecule has 2 rings (SSSR count). The van der Waals surface area contributed by atoms with Gasteiger partial charge in [-0.25, -0.2) is 4.79 Å². The zero-order valence-corrected chi connectivity index (χ0v) is 18.6. The number of unbranched alkanes of at least 4 members (excludes halogenated alkanes) is 1. The normalized spacial score (nSPS) is 11.3. The third-order valence-corrected chi connectivity index (χ3v) is 5.31. The zero-order valence-electron chi connectivity index (χ0n) is 18.6. The van der Waals surface area contributed by atoms with Gasteiger partial charge in [0.2, 0.25) is 0 Å². The molecule has 0 radical (unpaired) electrons. The van der Waals surface area contributed by atoms with Crippen LogP contribution in [0.2, 0.25) is 0 Å². The number of carbonyl (C=O) groups excluding carboxylic acids is 1. The summed E-state index contributed by atoms with van der Waals surface area (Å²) in [7, 11) is 1.49. The summed E-state index contributed by atoms with van der Waals surface area (Å²) in [6.07, 6.45) is 1.60. The number of nitrogens with one attached hydrogen (secondary N) is 1. The van der Waals surface area contributed by atoms with Crippen molar-refractivity contribution in [3.05, 3.63) is 56.2 Å². The maximum absolute atomic E-state index is 13.0. The maximum Gasteiger partial charge on any atom is 0.330 e. The van der Waals surface area contributed by atoms with Gasteiger partial charge in [-0.2, -0.15) is 0 Å². The molecule has 1 aromatic carbocycles. The molecule has 0 aliphatic rings. The fourth-order valence-corrected chi connectivity index (χ4v) is 3.38. The van der Waals surface area contributed by atoms with E-state index >= 15 is 0 Å². The second-order valence-corrected chi connectivity index (χ2v) is 7.72. The van der Waals surface area contributed by atoms with Crippen LogP contribution in [-0.2, 0) is 13.1 Å². The molecule has 0 atom stereocenters. The van der Waals surface area contributed by atoms with Crippen LogP contribution in [0.5, 0.6) is 0 Å². The summed E-state index contributed by atoms with van der Waals surface area (Å²) in [5.41, 5.74) is 6.40. The Morgan fingerprint density at radius 3 is 2.33 bits per heavy atom. The van der Waals surface area contributed by atoms with Crippen molar-refractivity contribution in [2.45, 2.75) is 59.7 Å². The number of hydrogen-bond acceptors (Lipinski definition) is 5. The lowest BCUT2D eigenvalue weighted by molar-refractivity contribution is 0.0992. The summed E-state index contributed by atoms with van der Waals surface area (Å²) >= 11 is 0. The van der Waals surface area contributed by atoms with E-state index < -0.39 is 11.2 Å². The van der Waals surface area contributed by atoms with E-state index in [9.17, 15) is 14.4 Å². The van der Waals surface area contributed by atoms with Crippen LogP contribution >= 0.6 is 0 Å². The zero-order chi connectivity index (χ0) is 22.4. The highest BCUT2D eigenvalue weighted by molar-refractivity contribution is 6.06. The van der Waals surface area contributed by atoms with E-state index in [1.165, 1.54) is 16.5 Å². The number of nitrogens with zero attached hydrogens (tertiary/aromatic N) is 3. The van der Waals surface area contributed by atoms with Gasteiger partial charge in [0.15, 0.2) is 5.69 Å². The lowest BCUT2D eigenvalue weighted by Crippen LogP contribution is -2.39. The van der Waals surface area contributed by atoms with E-state index in [1.54, 1.807) is 12.1 Å². The van der Waals surface area contributed by atoms with Gasteiger partial charge in [-0.05, 0) is 44.5 Å². The molecule has 1 heterocycles. The molecule has 0 bridgehead atoms. The van der Waals surface area contributed by atoms with Gasteiger partial charge >= 0.3 is 5.69 Å². The molecule has 0 spiro atoms. The van der Waals surface area contributed by atoms with Crippen LogP contribution in [0.3, 0.4) is 0 Å². The molecule has 1 aromatic heterocycles. The van der Waals surface area contributed by atoms with Crippen LogP contribution in [0.15, 0.2) is 33.9 Å². The summed E-state index contributed by atoms with van der Waals surface area (Å²) < 4.78 is 1.30. The Labute approximate surface area is 177 Å². The summed E-state index contributed by atoms with van der Waals surface area (Å²) in [6, 6.07) is 7.77. The van der Waals surface area contributed by atoms with Gasteiger partial charge in [-0.3, -0.25) is 24.0 Å². The van der Waals surface area contributed by atoms with Crippen molar-refractivity contribution >= 4 is 17.4 Å². The van der Waals surface area contributed by atoms with Crippen LogP contribution in [-0.4, -0.2) is 40.0 Å². The first-order chi connectivity index (χ1) is 14.2. The predicted molar refractivity (Wildman–Crippen MR) is 121 cm³/mol. The topological polar surface area (TPSA) is 104 Å². The van der Waals surface area contributed by atoms with Crippen molar-refractivity contribution in [1.29, 1.82) is 0 Å². The molecular formula is C22H33N5O3. The average molecular weight is 416 g/mol. The number of aromatic amines is 1. The minimum Gasteiger partial charge on any atom is -0.383 e. The van der Waals surface area contributed by atoms with Crippen molar-refractivity contribution < 1.29 is 4.79 Å². The van der Waals surface area contributed by atoms with Crippen molar-refractivity contribution in [3.8, 4) is 0 Å². The summed E-state index contributed by atoms with van der Waals surface area (Å²) in [6.45, 7) is 10.5. The number of hydrogen-bond donors (Lipinski definition) is 2. The Morgan fingerprint density at radius 1 is 1.17 bits per heavy atom. The second-order valence-electron chi connectivity index (χ2n) is 7.72. The molecular weight excluding hydrogens is 382 g/mol. The summed E-state index contributed by atoms with van der Waals surface area (Å²) in [5, 5.41) is 0. The highest BCUT2D eigenvalue weighted by atomic mass is 16.2. The second kappa shape index (κ2) is 10.2. The van der Waals surface area contributed by atoms with Crippen LogP contribution in [0.25, 0.3) is 0 Å². The van der Waals surface area contributed by atoms with Crippen molar-refractivity contribution in [2.75, 3.05) is 24.2 Å². The predicted octanol–water partition coefficient (Wildman–Crippen LogP) is 2.43. The van der Waals surface area contributed by atoms with E-state index in [0.29, 0.717) is 18.2 Å². The Kier molecular flexibility index (Phi) is 8.00. The third-order valence-electron chi connectivity index (χ3n) is 5.31. The molecule has 8 nitrogen and oxygen atoms in total. The number of nitrogens with two attached hydrogens (primary N) is 1. The number of H-pyrrole nitrogens is 1. The molecule has 0 saturated carbocycles. The Hall–Kier alpha value is -2.87. The van der Waals surface area contributed by atoms with Crippen LogP contribution in [0.4, 0.5) is 11.5 Å². The summed E-state index contributed by atoms with van der Waals surface area (Å²) in [5.74, 6) is -0.365. The molecule has 3 N–H and O–H groups in total. The van der Waals surface area contributed by atoms with Gasteiger partial charge in [-0.15, -0.1) is 0 Å². The number of aromatic nitrogens is 2. The van der Waals surface area contributed by atoms with Crippen LogP contribution in [0.1, 0.15) is 56.5 Å². The molecule has 0 aliphatic heterocycles. The first kappa shape index (κ1) is 23.4. The Morgan fingerprint density at radius 2 is 1.80 bits per heavy atom. The maximum atomic E-state index is 13.0. The van der Waals surface area contributed by atoms with Crippen molar-refractivity contribution in [3.63, 3.8) is 0 Å². The fraction of sp³-hybridized carbons (Fsp3) is 0.500. The molecule has 8 heteroatoms. The minimum absolute atomic E-state index is 0.000177. The smallest absolute Gasteiger partial charge is 0.330 e. The van der Waals surface area contributed by atoms with Gasteiger partial charge in [0.25, 0.3) is 11.5 Å². The number of rotatable bonds is 9. The van der Waals surface area contributed by atoms with Crippen LogP contribution < -0.4 is 21.9 Å². The van der Waals surface area contributed by atoms with Crippen LogP contribution in [0, 0.1) is 0 Å². The molecule has 164 valence electrons. The van der Waals surface area contributed by atoms with E-state index in [0.717, 1.165) is 31.5 Å². The van der Waals surface area contributed by atoms with Crippen molar-refractivity contribution in [1.82, 2.24) is 14.5 Å². The average Bonchev–Trinajstić information content (AvgIpc) is 2.71. The fourth-order valence-electron chi connectivity index (χ4n) is 3.38. The molecule has 0 fully saturated rings. The summed E-state index contributed by atoms with van der Waals surface area (Å²) in [4.78, 5) is 43.3. The van der Waals surface area contributed by atoms with Gasteiger partial charge < -0.3 is 10.6 Å². The number of carbonyl (C=O) groups is 1. The van der Waals surface area contributed by atoms with Gasteiger partial charge in [-0.1, -0.05) is 32.4 Å². The molecule has 1 amide bonds.